The molecule has 1 unspecified atom stereocenters. The van der Waals surface area contributed by atoms with E-state index >= 15 is 0 Å². The first kappa shape index (κ1) is 32.4. The van der Waals surface area contributed by atoms with E-state index in [1.165, 1.54) is 14.0 Å². The molecule has 0 bridgehead atoms. The number of unbranched alkanes of at least 4 members (excludes halogenated alkanes) is 3. The SMILES string of the molecule is CCCCOC(C)(OOC)C(OCCCC)(OCCCC)[Si](OC(C)=O)(OC(C)=O)OC(C)=O. The van der Waals surface area contributed by atoms with Gasteiger partial charge in [-0.3, -0.25) is 14.4 Å². The summed E-state index contributed by atoms with van der Waals surface area (Å²) in [4.78, 5) is 47.4. The van der Waals surface area contributed by atoms with Crippen molar-refractivity contribution >= 4 is 26.7 Å². The Morgan fingerprint density at radius 1 is 0.676 bits per heavy atom. The van der Waals surface area contributed by atoms with Crippen LogP contribution in [0.2, 0.25) is 0 Å². The van der Waals surface area contributed by atoms with Gasteiger partial charge in [0, 0.05) is 20.8 Å². The zero-order valence-corrected chi connectivity index (χ0v) is 22.9. The molecule has 34 heavy (non-hydrogen) atoms. The Labute approximate surface area is 203 Å². The van der Waals surface area contributed by atoms with Gasteiger partial charge in [0.15, 0.2) is 0 Å². The highest BCUT2D eigenvalue weighted by atomic mass is 28.4. The van der Waals surface area contributed by atoms with E-state index in [4.69, 9.17) is 37.3 Å². The fourth-order valence-corrected chi connectivity index (χ4v) is 5.95. The van der Waals surface area contributed by atoms with E-state index in [2.05, 4.69) is 0 Å². The standard InChI is InChI=1S/C22H42O11Si/c1-9-12-15-27-21(7,33-26-8)22(28-16-13-10-2,29-17-14-11-3)34(30-18(4)23,31-19(5)24)32-20(6)25/h9-17H2,1-8H3. The quantitative estimate of drug-likeness (QED) is 0.0832. The highest BCUT2D eigenvalue weighted by Gasteiger charge is 2.82. The van der Waals surface area contributed by atoms with Crippen LogP contribution in [0.1, 0.15) is 87.0 Å². The lowest BCUT2D eigenvalue weighted by Crippen LogP contribution is -2.78. The van der Waals surface area contributed by atoms with Gasteiger partial charge < -0.3 is 27.5 Å². The summed E-state index contributed by atoms with van der Waals surface area (Å²) in [5, 5.41) is 0. The van der Waals surface area contributed by atoms with Crippen molar-refractivity contribution < 1.29 is 51.6 Å². The minimum atomic E-state index is -4.92. The largest absolute Gasteiger partial charge is 0.775 e. The molecule has 0 aliphatic rings. The summed E-state index contributed by atoms with van der Waals surface area (Å²) >= 11 is 0. The van der Waals surface area contributed by atoms with Gasteiger partial charge in [-0.05, 0) is 26.2 Å². The molecule has 0 aliphatic carbocycles. The lowest BCUT2D eigenvalue weighted by atomic mass is 10.2. The molecule has 0 aromatic heterocycles. The van der Waals surface area contributed by atoms with Crippen LogP contribution in [-0.4, -0.2) is 64.8 Å². The number of rotatable bonds is 19. The summed E-state index contributed by atoms with van der Waals surface area (Å²) in [5.74, 6) is -4.63. The topological polar surface area (TPSA) is 125 Å². The van der Waals surface area contributed by atoms with Crippen molar-refractivity contribution in [1.29, 1.82) is 0 Å². The number of carbonyl (C=O) groups is 3. The molecule has 0 saturated carbocycles. The van der Waals surface area contributed by atoms with Crippen molar-refractivity contribution in [3.63, 3.8) is 0 Å². The van der Waals surface area contributed by atoms with E-state index in [9.17, 15) is 14.4 Å². The third-order valence-corrected chi connectivity index (χ3v) is 7.78. The fraction of sp³-hybridized carbons (Fsp3) is 0.864. The number of carbonyl (C=O) groups excluding carboxylic acids is 3. The Kier molecular flexibility index (Phi) is 15.4. The Balaban J connectivity index is 7.23. The molecule has 0 fully saturated rings. The lowest BCUT2D eigenvalue weighted by Gasteiger charge is -2.48. The van der Waals surface area contributed by atoms with E-state index in [1.807, 2.05) is 20.8 Å². The Hall–Kier alpha value is -1.57. The van der Waals surface area contributed by atoms with E-state index in [0.29, 0.717) is 19.3 Å². The van der Waals surface area contributed by atoms with E-state index in [-0.39, 0.29) is 19.8 Å². The van der Waals surface area contributed by atoms with Crippen LogP contribution in [0.4, 0.5) is 0 Å². The molecule has 200 valence electrons. The number of hydrogen-bond acceptors (Lipinski definition) is 11. The molecule has 0 rings (SSSR count). The molecule has 0 aromatic rings. The van der Waals surface area contributed by atoms with Crippen molar-refractivity contribution in [2.75, 3.05) is 26.9 Å². The monoisotopic (exact) mass is 510 g/mol. The first-order valence-electron chi connectivity index (χ1n) is 11.7. The fourth-order valence-electron chi connectivity index (χ4n) is 3.06. The molecule has 0 saturated heterocycles. The zero-order valence-electron chi connectivity index (χ0n) is 21.9. The van der Waals surface area contributed by atoms with Gasteiger partial charge >= 0.3 is 14.2 Å². The molecular formula is C22H42O11Si. The molecule has 0 spiro atoms. The molecule has 0 heterocycles. The Bertz CT molecular complexity index is 577. The van der Waals surface area contributed by atoms with Gasteiger partial charge in [-0.15, -0.1) is 0 Å². The number of ether oxygens (including phenoxy) is 3. The van der Waals surface area contributed by atoms with Crippen LogP contribution in [0.15, 0.2) is 0 Å². The van der Waals surface area contributed by atoms with E-state index < -0.39 is 37.9 Å². The third-order valence-electron chi connectivity index (χ3n) is 4.56. The second-order valence-corrected chi connectivity index (χ2v) is 10.1. The highest BCUT2D eigenvalue weighted by Crippen LogP contribution is 2.43. The maximum atomic E-state index is 12.3. The van der Waals surface area contributed by atoms with Crippen LogP contribution < -0.4 is 0 Å². The molecular weight excluding hydrogens is 468 g/mol. The van der Waals surface area contributed by atoms with Gasteiger partial charge in [0.2, 0.25) is 0 Å². The summed E-state index contributed by atoms with van der Waals surface area (Å²) in [6.07, 6.45) is 4.03. The average molecular weight is 511 g/mol. The number of hydrogen-bond donors (Lipinski definition) is 0. The van der Waals surface area contributed by atoms with Crippen molar-refractivity contribution in [2.24, 2.45) is 0 Å². The second-order valence-electron chi connectivity index (χ2n) is 7.76. The van der Waals surface area contributed by atoms with E-state index in [1.54, 1.807) is 0 Å². The minimum Gasteiger partial charge on any atom is -0.452 e. The Morgan fingerprint density at radius 2 is 1.03 bits per heavy atom. The van der Waals surface area contributed by atoms with Crippen molar-refractivity contribution in [3.05, 3.63) is 0 Å². The molecule has 11 nitrogen and oxygen atoms in total. The van der Waals surface area contributed by atoms with Crippen molar-refractivity contribution in [3.8, 4) is 0 Å². The second kappa shape index (κ2) is 16.2. The molecule has 0 amide bonds. The highest BCUT2D eigenvalue weighted by molar-refractivity contribution is 6.68. The Morgan fingerprint density at radius 3 is 1.32 bits per heavy atom. The predicted molar refractivity (Wildman–Crippen MR) is 123 cm³/mol. The summed E-state index contributed by atoms with van der Waals surface area (Å²) in [5.41, 5.74) is -2.29. The molecule has 0 radical (unpaired) electrons. The van der Waals surface area contributed by atoms with Gasteiger partial charge in [-0.1, -0.05) is 40.0 Å². The normalized spacial score (nSPS) is 13.8. The maximum absolute atomic E-state index is 12.3. The molecule has 0 aromatic carbocycles. The molecule has 12 heteroatoms. The van der Waals surface area contributed by atoms with Gasteiger partial charge in [0.1, 0.15) is 0 Å². The smallest absolute Gasteiger partial charge is 0.452 e. The van der Waals surface area contributed by atoms with Gasteiger partial charge in [0.05, 0.1) is 26.9 Å². The summed E-state index contributed by atoms with van der Waals surface area (Å²) in [6, 6.07) is 0. The van der Waals surface area contributed by atoms with Gasteiger partial charge in [-0.25, -0.2) is 4.89 Å². The average Bonchev–Trinajstić information content (AvgIpc) is 2.71. The third kappa shape index (κ3) is 9.23. The van der Waals surface area contributed by atoms with Crippen molar-refractivity contribution in [1.82, 2.24) is 0 Å². The summed E-state index contributed by atoms with van der Waals surface area (Å²) < 4.78 is 35.1. The predicted octanol–water partition coefficient (Wildman–Crippen LogP) is 3.59. The van der Waals surface area contributed by atoms with Crippen LogP contribution in [0.25, 0.3) is 0 Å². The minimum absolute atomic E-state index is 0.0565. The molecule has 0 aliphatic heterocycles. The van der Waals surface area contributed by atoms with Gasteiger partial charge in [0.25, 0.3) is 23.7 Å². The molecule has 0 N–H and O–H groups in total. The first-order valence-corrected chi connectivity index (χ1v) is 13.4. The van der Waals surface area contributed by atoms with Crippen LogP contribution in [-0.2, 0) is 51.6 Å². The van der Waals surface area contributed by atoms with Crippen LogP contribution in [0.5, 0.6) is 0 Å². The maximum Gasteiger partial charge on any atom is 0.775 e. The zero-order chi connectivity index (χ0) is 26.3. The van der Waals surface area contributed by atoms with Crippen molar-refractivity contribution in [2.45, 2.75) is 98.2 Å². The van der Waals surface area contributed by atoms with Gasteiger partial charge in [-0.2, -0.15) is 4.89 Å². The summed E-state index contributed by atoms with van der Waals surface area (Å²) in [6.45, 7) is 10.8. The van der Waals surface area contributed by atoms with Crippen LogP contribution >= 0.6 is 0 Å². The van der Waals surface area contributed by atoms with Crippen LogP contribution in [0.3, 0.4) is 0 Å². The lowest BCUT2D eigenvalue weighted by molar-refractivity contribution is -0.481. The van der Waals surface area contributed by atoms with E-state index in [0.717, 1.165) is 40.0 Å². The molecule has 1 atom stereocenters. The summed E-state index contributed by atoms with van der Waals surface area (Å²) in [7, 11) is -3.67. The first-order chi connectivity index (χ1) is 16.0. The van der Waals surface area contributed by atoms with Crippen LogP contribution in [0, 0.1) is 0 Å².